The fourth-order valence-corrected chi connectivity index (χ4v) is 7.41. The summed E-state index contributed by atoms with van der Waals surface area (Å²) in [5.74, 6) is 0. The van der Waals surface area contributed by atoms with E-state index in [2.05, 4.69) is 39.2 Å². The minimum Gasteiger partial charge on any atom is -0.307 e. The second-order valence-electron chi connectivity index (χ2n) is 9.47. The lowest BCUT2D eigenvalue weighted by atomic mass is 9.98. The smallest absolute Gasteiger partial charge is 0.307 e. The van der Waals surface area contributed by atoms with Crippen LogP contribution in [-0.2, 0) is 25.7 Å². The predicted octanol–water partition coefficient (Wildman–Crippen LogP) is 4.69. The summed E-state index contributed by atoms with van der Waals surface area (Å²) in [6.07, 6.45) is 12.0. The van der Waals surface area contributed by atoms with Gasteiger partial charge in [-0.2, -0.15) is 0 Å². The Hall–Kier alpha value is -1.24. The Morgan fingerprint density at radius 1 is 1.03 bits per heavy atom. The number of anilines is 1. The zero-order valence-corrected chi connectivity index (χ0v) is 19.3. The van der Waals surface area contributed by atoms with Crippen LogP contribution in [0.25, 0.3) is 0 Å². The molecular weight excluding hydrogens is 392 g/mol. The van der Waals surface area contributed by atoms with Crippen molar-refractivity contribution in [3.63, 3.8) is 0 Å². The van der Waals surface area contributed by atoms with E-state index >= 15 is 0 Å². The molecule has 2 atom stereocenters. The van der Waals surface area contributed by atoms with E-state index in [0.717, 1.165) is 31.6 Å². The van der Waals surface area contributed by atoms with E-state index in [1.165, 1.54) is 73.6 Å². The molecule has 2 aliphatic carbocycles. The van der Waals surface area contributed by atoms with Gasteiger partial charge in [-0.3, -0.25) is 4.72 Å². The largest absolute Gasteiger partial charge is 0.330 e. The third-order valence-corrected chi connectivity index (χ3v) is 9.01. The Morgan fingerprint density at radius 3 is 2.20 bits per heavy atom. The van der Waals surface area contributed by atoms with E-state index in [1.807, 2.05) is 0 Å². The molecule has 2 fully saturated rings. The fraction of sp³-hybridized carbons (Fsp3) is 0.708. The van der Waals surface area contributed by atoms with Gasteiger partial charge in [0.25, 0.3) is 0 Å². The first-order valence-corrected chi connectivity index (χ1v) is 12.9. The van der Waals surface area contributed by atoms with Gasteiger partial charge >= 0.3 is 6.03 Å². The molecule has 2 unspecified atom stereocenters. The van der Waals surface area contributed by atoms with Gasteiger partial charge < -0.3 is 10.2 Å². The van der Waals surface area contributed by atoms with Gasteiger partial charge in [0.15, 0.2) is 0 Å². The van der Waals surface area contributed by atoms with Crippen LogP contribution in [0.3, 0.4) is 0 Å². The Kier molecular flexibility index (Phi) is 6.00. The quantitative estimate of drug-likeness (QED) is 0.646. The van der Waals surface area contributed by atoms with Crippen molar-refractivity contribution in [1.29, 1.82) is 0 Å². The maximum atomic E-state index is 12.9. The molecule has 5 nitrogen and oxygen atoms in total. The Bertz CT molecular complexity index is 763. The number of hydrogen-bond acceptors (Lipinski definition) is 4. The molecule has 0 spiro atoms. The van der Waals surface area contributed by atoms with E-state index in [9.17, 15) is 4.79 Å². The molecule has 0 aromatic heterocycles. The molecule has 2 N–H and O–H groups in total. The van der Waals surface area contributed by atoms with Crippen molar-refractivity contribution < 1.29 is 4.79 Å². The topological polar surface area (TPSA) is 47.6 Å². The summed E-state index contributed by atoms with van der Waals surface area (Å²) < 4.78 is 5.62. The van der Waals surface area contributed by atoms with Gasteiger partial charge in [-0.15, -0.1) is 0 Å². The van der Waals surface area contributed by atoms with Gasteiger partial charge in [0.1, 0.15) is 0 Å². The number of rotatable bonds is 6. The highest BCUT2D eigenvalue weighted by Crippen LogP contribution is 2.41. The van der Waals surface area contributed by atoms with Crippen LogP contribution in [0.1, 0.15) is 74.6 Å². The summed E-state index contributed by atoms with van der Waals surface area (Å²) >= 11 is 1.55. The molecule has 0 radical (unpaired) electrons. The third kappa shape index (κ3) is 3.76. The lowest BCUT2D eigenvalue weighted by Crippen LogP contribution is -2.49. The van der Waals surface area contributed by atoms with Gasteiger partial charge in [-0.25, -0.2) is 9.10 Å². The van der Waals surface area contributed by atoms with Crippen LogP contribution < -0.4 is 10.0 Å². The molecule has 1 aromatic rings. The summed E-state index contributed by atoms with van der Waals surface area (Å²) in [5, 5.41) is 3.27. The van der Waals surface area contributed by atoms with Crippen LogP contribution in [0, 0.1) is 0 Å². The van der Waals surface area contributed by atoms with E-state index in [-0.39, 0.29) is 6.03 Å². The van der Waals surface area contributed by atoms with Crippen LogP contribution in [0.2, 0.25) is 0 Å². The second-order valence-corrected chi connectivity index (χ2v) is 10.3. The summed E-state index contributed by atoms with van der Waals surface area (Å²) in [5.41, 5.74) is 6.87. The van der Waals surface area contributed by atoms with E-state index in [4.69, 9.17) is 0 Å². The van der Waals surface area contributed by atoms with Crippen LogP contribution in [0.15, 0.2) is 6.07 Å². The fourth-order valence-electron chi connectivity index (χ4n) is 6.49. The lowest BCUT2D eigenvalue weighted by molar-refractivity contribution is 0.118. The average molecular weight is 429 g/mol. The molecule has 6 heteroatoms. The SMILES string of the molecule is CCN(CC)C1CC2CCC(C1)N2SNC(=O)Nc1c2c(cc3c1CCC3)CCC2. The van der Waals surface area contributed by atoms with E-state index in [1.54, 1.807) is 12.1 Å². The highest BCUT2D eigenvalue weighted by Gasteiger charge is 2.42. The molecule has 2 bridgehead atoms. The summed E-state index contributed by atoms with van der Waals surface area (Å²) in [7, 11) is 0. The average Bonchev–Trinajstić information content (AvgIpc) is 3.45. The Labute approximate surface area is 185 Å². The first-order valence-electron chi connectivity index (χ1n) is 12.1. The molecule has 2 heterocycles. The molecule has 2 saturated heterocycles. The van der Waals surface area contributed by atoms with Gasteiger partial charge in [-0.1, -0.05) is 19.9 Å². The van der Waals surface area contributed by atoms with E-state index < -0.39 is 0 Å². The highest BCUT2D eigenvalue weighted by atomic mass is 32.2. The standard InChI is InChI=1S/C24H36N4OS/c1-3-27(4-2)20-14-18-11-12-19(15-20)28(18)30-26-24(29)25-23-21-9-5-7-16(21)13-17-8-6-10-22(17)23/h13,18-20H,3-12,14-15H2,1-2H3,(H2,25,26,29). The number of piperidine rings is 1. The van der Waals surface area contributed by atoms with Gasteiger partial charge in [-0.05, 0) is 99.6 Å². The molecule has 0 saturated carbocycles. The van der Waals surface area contributed by atoms with Crippen molar-refractivity contribution in [3.05, 3.63) is 28.3 Å². The van der Waals surface area contributed by atoms with Crippen molar-refractivity contribution in [2.45, 2.75) is 96.2 Å². The molecule has 2 aliphatic heterocycles. The minimum atomic E-state index is -0.0559. The van der Waals surface area contributed by atoms with Crippen LogP contribution >= 0.6 is 12.1 Å². The van der Waals surface area contributed by atoms with Gasteiger partial charge in [0.05, 0.1) is 0 Å². The number of amides is 2. The summed E-state index contributed by atoms with van der Waals surface area (Å²) in [6, 6.07) is 4.24. The van der Waals surface area contributed by atoms with Gasteiger partial charge in [0, 0.05) is 35.9 Å². The van der Waals surface area contributed by atoms with Crippen LogP contribution in [0.4, 0.5) is 10.5 Å². The predicted molar refractivity (Wildman–Crippen MR) is 125 cm³/mol. The molecule has 4 aliphatic rings. The molecular formula is C24H36N4OS. The molecule has 2 amide bonds. The number of nitrogens with zero attached hydrogens (tertiary/aromatic N) is 2. The zero-order valence-electron chi connectivity index (χ0n) is 18.5. The van der Waals surface area contributed by atoms with Crippen molar-refractivity contribution >= 4 is 23.9 Å². The highest BCUT2D eigenvalue weighted by molar-refractivity contribution is 7.95. The van der Waals surface area contributed by atoms with Crippen molar-refractivity contribution in [3.8, 4) is 0 Å². The zero-order chi connectivity index (χ0) is 20.7. The summed E-state index contributed by atoms with van der Waals surface area (Å²) in [6.45, 7) is 6.82. The number of aryl methyl sites for hydroxylation is 2. The third-order valence-electron chi connectivity index (χ3n) is 7.93. The molecule has 1 aromatic carbocycles. The number of carbonyl (C=O) groups excluding carboxylic acids is 1. The Morgan fingerprint density at radius 2 is 1.63 bits per heavy atom. The van der Waals surface area contributed by atoms with Gasteiger partial charge in [0.2, 0.25) is 0 Å². The Balaban J connectivity index is 1.21. The second kappa shape index (κ2) is 8.71. The molecule has 164 valence electrons. The van der Waals surface area contributed by atoms with Crippen LogP contribution in [0.5, 0.6) is 0 Å². The first kappa shape index (κ1) is 20.7. The van der Waals surface area contributed by atoms with Crippen LogP contribution in [-0.4, -0.2) is 46.5 Å². The number of benzene rings is 1. The normalized spacial score (nSPS) is 27.4. The van der Waals surface area contributed by atoms with Crippen molar-refractivity contribution in [1.82, 2.24) is 13.9 Å². The first-order chi connectivity index (χ1) is 14.7. The summed E-state index contributed by atoms with van der Waals surface area (Å²) in [4.78, 5) is 15.5. The molecule has 30 heavy (non-hydrogen) atoms. The van der Waals surface area contributed by atoms with Crippen molar-refractivity contribution in [2.75, 3.05) is 18.4 Å². The number of hydrogen-bond donors (Lipinski definition) is 2. The van der Waals surface area contributed by atoms with Crippen molar-refractivity contribution in [2.24, 2.45) is 0 Å². The number of urea groups is 1. The lowest BCUT2D eigenvalue weighted by Gasteiger charge is -2.41. The molecule has 5 rings (SSSR count). The number of carbonyl (C=O) groups is 1. The van der Waals surface area contributed by atoms with E-state index in [0.29, 0.717) is 18.1 Å². The number of nitrogens with one attached hydrogen (secondary N) is 2. The number of fused-ring (bicyclic) bond motifs is 4. The monoisotopic (exact) mass is 428 g/mol. The minimum absolute atomic E-state index is 0.0559. The maximum Gasteiger partial charge on any atom is 0.330 e. The maximum absolute atomic E-state index is 12.9.